The molecule has 3 aliphatic rings. The van der Waals surface area contributed by atoms with Crippen molar-refractivity contribution < 1.29 is 41.8 Å². The van der Waals surface area contributed by atoms with Crippen molar-refractivity contribution in [1.29, 1.82) is 0 Å². The van der Waals surface area contributed by atoms with E-state index in [9.17, 15) is 27.9 Å². The van der Waals surface area contributed by atoms with E-state index in [1.165, 1.54) is 7.11 Å². The van der Waals surface area contributed by atoms with Crippen LogP contribution < -0.4 is 19.7 Å². The van der Waals surface area contributed by atoms with Crippen LogP contribution in [0.1, 0.15) is 66.5 Å². The molecule has 3 aliphatic heterocycles. The van der Waals surface area contributed by atoms with E-state index in [1.54, 1.807) is 70.2 Å². The molecule has 6 rings (SSSR count). The summed E-state index contributed by atoms with van der Waals surface area (Å²) in [5.74, 6) is -2.41. The van der Waals surface area contributed by atoms with Crippen molar-refractivity contribution in [2.45, 2.75) is 57.9 Å². The lowest BCUT2D eigenvalue weighted by molar-refractivity contribution is -0.135. The number of benzene rings is 2. The molecule has 3 aromatic rings. The topological polar surface area (TPSA) is 177 Å². The lowest BCUT2D eigenvalue weighted by atomic mass is 9.72. The zero-order chi connectivity index (χ0) is 33.3. The summed E-state index contributed by atoms with van der Waals surface area (Å²) in [5, 5.41) is 15.9. The van der Waals surface area contributed by atoms with E-state index in [-0.39, 0.29) is 29.5 Å². The molecular formula is C32H34N4O9S. The standard InChI is InChI=1S/C32H34N4O9S/c1-15(2)23-29-35-24(30(40)43-5)26(45-29)32-18-9-7-8-10-21(18)36(46(6,41)42)31(32)44-22-12-11-17(13-19(22)32)14-20(27(38)34-23)33-28(39)25(37)16(3)4/h7-13,16,20,25,31,37H,14H2,1-6H3,(H,33,39)(H,34,38)/t20?,25-,31?,32?/m0/s1. The number of aliphatic hydroxyl groups excluding tert-OH is 1. The van der Waals surface area contributed by atoms with Crippen molar-refractivity contribution in [3.05, 3.63) is 82.1 Å². The molecule has 0 saturated carbocycles. The van der Waals surface area contributed by atoms with Gasteiger partial charge in [0.1, 0.15) is 29.0 Å². The predicted molar refractivity (Wildman–Crippen MR) is 165 cm³/mol. The summed E-state index contributed by atoms with van der Waals surface area (Å²) in [5.41, 5.74) is 0.780. The lowest BCUT2D eigenvalue weighted by Crippen LogP contribution is -2.51. The van der Waals surface area contributed by atoms with E-state index in [0.29, 0.717) is 33.7 Å². The number of rotatable bonds is 5. The third kappa shape index (κ3) is 4.66. The van der Waals surface area contributed by atoms with Crippen LogP contribution in [0.15, 0.2) is 52.5 Å². The number of esters is 1. The summed E-state index contributed by atoms with van der Waals surface area (Å²) in [4.78, 5) is 44.7. The van der Waals surface area contributed by atoms with Gasteiger partial charge in [0.25, 0.3) is 0 Å². The van der Waals surface area contributed by atoms with Gasteiger partial charge in [0.05, 0.1) is 19.1 Å². The molecule has 2 aromatic carbocycles. The molecule has 4 bridgehead atoms. The Bertz CT molecular complexity index is 1930. The van der Waals surface area contributed by atoms with Crippen LogP contribution in [0.3, 0.4) is 0 Å². The Kier molecular flexibility index (Phi) is 7.47. The highest BCUT2D eigenvalue weighted by molar-refractivity contribution is 7.92. The van der Waals surface area contributed by atoms with E-state index in [2.05, 4.69) is 15.6 Å². The van der Waals surface area contributed by atoms with Gasteiger partial charge in [0.2, 0.25) is 34.0 Å². The summed E-state index contributed by atoms with van der Waals surface area (Å²) >= 11 is 0. The second-order valence-corrected chi connectivity index (χ2v) is 14.1. The Balaban J connectivity index is 1.68. The second-order valence-electron chi connectivity index (χ2n) is 12.2. The summed E-state index contributed by atoms with van der Waals surface area (Å²) < 4.78 is 46.0. The Hall–Kier alpha value is -4.69. The molecule has 0 fully saturated rings. The number of fused-ring (bicyclic) bond motifs is 4. The van der Waals surface area contributed by atoms with Gasteiger partial charge in [0, 0.05) is 17.5 Å². The van der Waals surface area contributed by atoms with Gasteiger partial charge in [-0.15, -0.1) is 0 Å². The Labute approximate surface area is 265 Å². The number of methoxy groups -OCH3 is 1. The van der Waals surface area contributed by atoms with Gasteiger partial charge in [-0.2, -0.15) is 0 Å². The molecule has 3 unspecified atom stereocenters. The third-order valence-corrected chi connectivity index (χ3v) is 9.62. The Morgan fingerprint density at radius 3 is 2.54 bits per heavy atom. The maximum atomic E-state index is 13.8. The molecule has 3 N–H and O–H groups in total. The van der Waals surface area contributed by atoms with E-state index in [1.807, 2.05) is 0 Å². The van der Waals surface area contributed by atoms with Crippen molar-refractivity contribution in [2.24, 2.45) is 5.92 Å². The molecule has 0 saturated heterocycles. The molecule has 2 amide bonds. The lowest BCUT2D eigenvalue weighted by Gasteiger charge is -2.30. The third-order valence-electron chi connectivity index (χ3n) is 8.51. The number of carbonyl (C=O) groups excluding carboxylic acids is 3. The summed E-state index contributed by atoms with van der Waals surface area (Å²) in [7, 11) is -2.77. The van der Waals surface area contributed by atoms with E-state index in [0.717, 1.165) is 10.6 Å². The van der Waals surface area contributed by atoms with Gasteiger partial charge in [-0.05, 0) is 43.0 Å². The number of aliphatic hydroxyl groups is 1. The number of carbonyl (C=O) groups is 3. The minimum Gasteiger partial charge on any atom is -0.467 e. The van der Waals surface area contributed by atoms with Gasteiger partial charge in [-0.1, -0.05) is 44.2 Å². The van der Waals surface area contributed by atoms with E-state index in [4.69, 9.17) is 13.9 Å². The molecular weight excluding hydrogens is 616 g/mol. The number of aromatic nitrogens is 1. The van der Waals surface area contributed by atoms with E-state index >= 15 is 0 Å². The molecule has 4 heterocycles. The highest BCUT2D eigenvalue weighted by Crippen LogP contribution is 2.61. The quantitative estimate of drug-likeness (QED) is 0.347. The van der Waals surface area contributed by atoms with Crippen LogP contribution in [-0.2, 0) is 36.2 Å². The fourth-order valence-corrected chi connectivity index (χ4v) is 7.40. The zero-order valence-corrected chi connectivity index (χ0v) is 26.9. The highest BCUT2D eigenvalue weighted by atomic mass is 32.2. The molecule has 46 heavy (non-hydrogen) atoms. The van der Waals surface area contributed by atoms with E-state index < -0.39 is 57.5 Å². The normalized spacial score (nSPS) is 22.1. The maximum Gasteiger partial charge on any atom is 0.360 e. The summed E-state index contributed by atoms with van der Waals surface area (Å²) in [6.45, 7) is 6.77. The SMILES string of the molecule is COC(=O)c1nc2oc1C13c4cc(ccc4OC1N(S(C)(=O)=O)c1ccccc13)CC(NC(=O)[C@@H](O)C(C)C)C(=O)NC2=C(C)C. The van der Waals surface area contributed by atoms with Crippen LogP contribution in [0.4, 0.5) is 5.69 Å². The molecule has 13 nitrogen and oxygen atoms in total. The number of oxazole rings is 1. The zero-order valence-electron chi connectivity index (χ0n) is 26.1. The predicted octanol–water partition coefficient (Wildman–Crippen LogP) is 2.22. The first-order chi connectivity index (χ1) is 21.7. The number of ether oxygens (including phenoxy) is 2. The smallest absolute Gasteiger partial charge is 0.360 e. The molecule has 4 atom stereocenters. The monoisotopic (exact) mass is 650 g/mol. The van der Waals surface area contributed by atoms with Crippen LogP contribution in [0.25, 0.3) is 5.70 Å². The van der Waals surface area contributed by atoms with Crippen LogP contribution in [0, 0.1) is 5.92 Å². The number of amides is 2. The maximum absolute atomic E-state index is 13.8. The van der Waals surface area contributed by atoms with Crippen LogP contribution >= 0.6 is 0 Å². The molecule has 1 aromatic heterocycles. The van der Waals surface area contributed by atoms with Crippen molar-refractivity contribution in [3.63, 3.8) is 0 Å². The fraction of sp³-hybridized carbons (Fsp3) is 0.375. The molecule has 14 heteroatoms. The minimum absolute atomic E-state index is 0.000133. The van der Waals surface area contributed by atoms with Crippen molar-refractivity contribution in [2.75, 3.05) is 17.7 Å². The van der Waals surface area contributed by atoms with Crippen molar-refractivity contribution >= 4 is 39.2 Å². The number of hydrogen-bond acceptors (Lipinski definition) is 10. The average Bonchev–Trinajstić information content (AvgIpc) is 3.65. The van der Waals surface area contributed by atoms with Gasteiger partial charge in [0.15, 0.2) is 11.5 Å². The number of sulfonamides is 1. The molecule has 242 valence electrons. The van der Waals surface area contributed by atoms with Crippen LogP contribution in [0.5, 0.6) is 5.75 Å². The van der Waals surface area contributed by atoms with Gasteiger partial charge in [-0.3, -0.25) is 9.59 Å². The molecule has 1 spiro atoms. The van der Waals surface area contributed by atoms with Crippen molar-refractivity contribution in [3.8, 4) is 5.75 Å². The minimum atomic E-state index is -3.96. The first-order valence-electron chi connectivity index (χ1n) is 14.7. The van der Waals surface area contributed by atoms with Crippen molar-refractivity contribution in [1.82, 2.24) is 15.6 Å². The number of nitrogens with one attached hydrogen (secondary N) is 2. The highest BCUT2D eigenvalue weighted by Gasteiger charge is 2.65. The number of hydrogen-bond donors (Lipinski definition) is 3. The van der Waals surface area contributed by atoms with Crippen LogP contribution in [0.2, 0.25) is 0 Å². The number of allylic oxidation sites excluding steroid dienone is 1. The second kappa shape index (κ2) is 11.0. The number of nitrogens with zero attached hydrogens (tertiary/aromatic N) is 2. The first kappa shape index (κ1) is 31.3. The number of anilines is 1. The number of para-hydroxylation sites is 1. The first-order valence-corrected chi connectivity index (χ1v) is 16.5. The fourth-order valence-electron chi connectivity index (χ4n) is 6.33. The Morgan fingerprint density at radius 2 is 1.89 bits per heavy atom. The summed E-state index contributed by atoms with van der Waals surface area (Å²) in [6.07, 6.45) is -1.54. The van der Waals surface area contributed by atoms with Gasteiger partial charge >= 0.3 is 5.97 Å². The molecule has 0 aliphatic carbocycles. The summed E-state index contributed by atoms with van der Waals surface area (Å²) in [6, 6.07) is 10.8. The average molecular weight is 651 g/mol. The van der Waals surface area contributed by atoms with Gasteiger partial charge in [-0.25, -0.2) is 22.5 Å². The molecule has 0 radical (unpaired) electrons. The Morgan fingerprint density at radius 1 is 1.17 bits per heavy atom. The largest absolute Gasteiger partial charge is 0.467 e. The van der Waals surface area contributed by atoms with Crippen LogP contribution in [-0.4, -0.2) is 68.0 Å². The van der Waals surface area contributed by atoms with Gasteiger partial charge < -0.3 is 29.6 Å².